The first kappa shape index (κ1) is 22.8. The van der Waals surface area contributed by atoms with Gasteiger partial charge in [0.05, 0.1) is 12.3 Å². The van der Waals surface area contributed by atoms with Crippen LogP contribution in [0.2, 0.25) is 0 Å². The number of rotatable bonds is 6. The number of carbonyl (C=O) groups is 1. The van der Waals surface area contributed by atoms with E-state index in [0.29, 0.717) is 6.61 Å². The van der Waals surface area contributed by atoms with Gasteiger partial charge >= 0.3 is 0 Å². The third kappa shape index (κ3) is 4.96. The van der Waals surface area contributed by atoms with Gasteiger partial charge in [-0.3, -0.25) is 4.79 Å². The molecule has 0 saturated carbocycles. The standard InChI is InChI=1S/C27H28FN5O2/c1-3-35-23-10-8-22(9-11-23)30-27(34)20-12-14-32(15-13-20)26-16-18(2)29-25-17-24(31-33(25)26)19-4-6-21(28)7-5-19/h4-11,16-17,20H,3,12-15H2,1-2H3,(H,30,34). The summed E-state index contributed by atoms with van der Waals surface area (Å²) >= 11 is 0. The summed E-state index contributed by atoms with van der Waals surface area (Å²) in [7, 11) is 0. The van der Waals surface area contributed by atoms with Crippen LogP contribution in [0, 0.1) is 18.7 Å². The second kappa shape index (κ2) is 9.74. The highest BCUT2D eigenvalue weighted by molar-refractivity contribution is 5.92. The Morgan fingerprint density at radius 3 is 2.49 bits per heavy atom. The van der Waals surface area contributed by atoms with Gasteiger partial charge in [-0.1, -0.05) is 0 Å². The molecule has 0 atom stereocenters. The molecule has 1 fully saturated rings. The van der Waals surface area contributed by atoms with Crippen LogP contribution in [0.4, 0.5) is 15.9 Å². The second-order valence-electron chi connectivity index (χ2n) is 8.77. The molecule has 1 aliphatic rings. The number of piperidine rings is 1. The molecule has 180 valence electrons. The van der Waals surface area contributed by atoms with Crippen molar-refractivity contribution < 1.29 is 13.9 Å². The summed E-state index contributed by atoms with van der Waals surface area (Å²) in [5, 5.41) is 7.79. The minimum Gasteiger partial charge on any atom is -0.494 e. The molecule has 0 bridgehead atoms. The Hall–Kier alpha value is -3.94. The van der Waals surface area contributed by atoms with Crippen LogP contribution in [-0.4, -0.2) is 40.2 Å². The molecule has 4 aromatic rings. The van der Waals surface area contributed by atoms with Gasteiger partial charge in [-0.2, -0.15) is 9.61 Å². The lowest BCUT2D eigenvalue weighted by Crippen LogP contribution is -2.39. The van der Waals surface area contributed by atoms with E-state index in [1.165, 1.54) is 12.1 Å². The maximum atomic E-state index is 13.3. The van der Waals surface area contributed by atoms with E-state index >= 15 is 0 Å². The van der Waals surface area contributed by atoms with Crippen molar-refractivity contribution in [3.8, 4) is 17.0 Å². The predicted molar refractivity (Wildman–Crippen MR) is 134 cm³/mol. The average Bonchev–Trinajstić information content (AvgIpc) is 3.29. The number of amides is 1. The number of benzene rings is 2. The molecular formula is C27H28FN5O2. The first-order valence-corrected chi connectivity index (χ1v) is 11.9. The van der Waals surface area contributed by atoms with Crippen LogP contribution in [0.15, 0.2) is 60.7 Å². The molecule has 2 aromatic carbocycles. The normalized spacial score (nSPS) is 14.3. The number of halogens is 1. The molecule has 1 aliphatic heterocycles. The van der Waals surface area contributed by atoms with Crippen LogP contribution >= 0.6 is 0 Å². The number of ether oxygens (including phenoxy) is 1. The van der Waals surface area contributed by atoms with Crippen molar-refractivity contribution in [3.05, 3.63) is 72.2 Å². The fourth-order valence-corrected chi connectivity index (χ4v) is 4.48. The summed E-state index contributed by atoms with van der Waals surface area (Å²) in [4.78, 5) is 19.7. The van der Waals surface area contributed by atoms with Crippen molar-refractivity contribution >= 4 is 23.1 Å². The predicted octanol–water partition coefficient (Wildman–Crippen LogP) is 5.10. The number of hydrogen-bond donors (Lipinski definition) is 1. The Labute approximate surface area is 203 Å². The van der Waals surface area contributed by atoms with Crippen molar-refractivity contribution in [2.24, 2.45) is 5.92 Å². The third-order valence-corrected chi connectivity index (χ3v) is 6.30. The van der Waals surface area contributed by atoms with Gasteiger partial charge < -0.3 is 15.0 Å². The van der Waals surface area contributed by atoms with Gasteiger partial charge in [0.1, 0.15) is 17.4 Å². The summed E-state index contributed by atoms with van der Waals surface area (Å²) < 4.78 is 20.6. The molecule has 0 radical (unpaired) electrons. The summed E-state index contributed by atoms with van der Waals surface area (Å²) in [5.41, 5.74) is 4.00. The van der Waals surface area contributed by atoms with E-state index in [1.54, 1.807) is 12.1 Å². The number of anilines is 2. The lowest BCUT2D eigenvalue weighted by atomic mass is 9.95. The van der Waals surface area contributed by atoms with E-state index in [9.17, 15) is 9.18 Å². The molecule has 35 heavy (non-hydrogen) atoms. The van der Waals surface area contributed by atoms with Gasteiger partial charge in [-0.25, -0.2) is 9.37 Å². The zero-order chi connectivity index (χ0) is 24.4. The molecular weight excluding hydrogens is 445 g/mol. The fourth-order valence-electron chi connectivity index (χ4n) is 4.48. The SMILES string of the molecule is CCOc1ccc(NC(=O)C2CCN(c3cc(C)nc4cc(-c5ccc(F)cc5)nn34)CC2)cc1. The quantitative estimate of drug-likeness (QED) is 0.422. The van der Waals surface area contributed by atoms with Gasteiger partial charge in [0.2, 0.25) is 5.91 Å². The Morgan fingerprint density at radius 1 is 1.09 bits per heavy atom. The molecule has 2 aromatic heterocycles. The van der Waals surface area contributed by atoms with Gasteiger partial charge in [-0.05, 0) is 75.2 Å². The number of nitrogens with one attached hydrogen (secondary N) is 1. The summed E-state index contributed by atoms with van der Waals surface area (Å²) in [6.07, 6.45) is 1.50. The van der Waals surface area contributed by atoms with Gasteiger partial charge in [0.25, 0.3) is 0 Å². The highest BCUT2D eigenvalue weighted by Crippen LogP contribution is 2.28. The molecule has 1 amide bonds. The minimum atomic E-state index is -0.276. The minimum absolute atomic E-state index is 0.0440. The number of carbonyl (C=O) groups excluding carboxylic acids is 1. The topological polar surface area (TPSA) is 71.8 Å². The second-order valence-corrected chi connectivity index (χ2v) is 8.77. The van der Waals surface area contributed by atoms with Crippen LogP contribution in [0.25, 0.3) is 16.9 Å². The van der Waals surface area contributed by atoms with E-state index in [2.05, 4.69) is 15.2 Å². The van der Waals surface area contributed by atoms with Crippen molar-refractivity contribution in [2.75, 3.05) is 29.9 Å². The number of hydrogen-bond acceptors (Lipinski definition) is 5. The fraction of sp³-hybridized carbons (Fsp3) is 0.296. The maximum Gasteiger partial charge on any atom is 0.227 e. The van der Waals surface area contributed by atoms with Crippen molar-refractivity contribution in [1.82, 2.24) is 14.6 Å². The maximum absolute atomic E-state index is 13.3. The van der Waals surface area contributed by atoms with E-state index in [1.807, 2.05) is 54.8 Å². The van der Waals surface area contributed by atoms with Gasteiger partial charge in [-0.15, -0.1) is 0 Å². The lowest BCUT2D eigenvalue weighted by Gasteiger charge is -2.33. The average molecular weight is 474 g/mol. The molecule has 0 aliphatic carbocycles. The molecule has 5 rings (SSSR count). The molecule has 3 heterocycles. The zero-order valence-corrected chi connectivity index (χ0v) is 19.9. The highest BCUT2D eigenvalue weighted by atomic mass is 19.1. The largest absolute Gasteiger partial charge is 0.494 e. The number of nitrogens with zero attached hydrogens (tertiary/aromatic N) is 4. The molecule has 0 unspecified atom stereocenters. The van der Waals surface area contributed by atoms with Crippen LogP contribution < -0.4 is 15.0 Å². The van der Waals surface area contributed by atoms with E-state index in [4.69, 9.17) is 9.84 Å². The summed E-state index contributed by atoms with van der Waals surface area (Å²) in [5.74, 6) is 1.46. The van der Waals surface area contributed by atoms with E-state index in [0.717, 1.165) is 65.8 Å². The Balaban J connectivity index is 1.28. The van der Waals surface area contributed by atoms with Crippen LogP contribution in [0.1, 0.15) is 25.5 Å². The Kier molecular flexibility index (Phi) is 6.35. The third-order valence-electron chi connectivity index (χ3n) is 6.30. The van der Waals surface area contributed by atoms with Gasteiger partial charge in [0.15, 0.2) is 5.65 Å². The highest BCUT2D eigenvalue weighted by Gasteiger charge is 2.27. The Bertz CT molecular complexity index is 1330. The molecule has 0 spiro atoms. The monoisotopic (exact) mass is 473 g/mol. The van der Waals surface area contributed by atoms with Crippen LogP contribution in [0.5, 0.6) is 5.75 Å². The van der Waals surface area contributed by atoms with E-state index in [-0.39, 0.29) is 17.6 Å². The lowest BCUT2D eigenvalue weighted by molar-refractivity contribution is -0.120. The molecule has 1 N–H and O–H groups in total. The number of aromatic nitrogens is 3. The van der Waals surface area contributed by atoms with Crippen molar-refractivity contribution in [1.29, 1.82) is 0 Å². The van der Waals surface area contributed by atoms with Crippen molar-refractivity contribution in [2.45, 2.75) is 26.7 Å². The molecule has 7 nitrogen and oxygen atoms in total. The smallest absolute Gasteiger partial charge is 0.227 e. The summed E-state index contributed by atoms with van der Waals surface area (Å²) in [6.45, 7) is 6.00. The van der Waals surface area contributed by atoms with Crippen LogP contribution in [-0.2, 0) is 4.79 Å². The molecule has 1 saturated heterocycles. The summed E-state index contributed by atoms with van der Waals surface area (Å²) in [6, 6.07) is 17.7. The van der Waals surface area contributed by atoms with Gasteiger partial charge in [0, 0.05) is 48.1 Å². The Morgan fingerprint density at radius 2 is 1.80 bits per heavy atom. The molecule has 8 heteroatoms. The number of fused-ring (bicyclic) bond motifs is 1. The first-order chi connectivity index (χ1) is 17.0. The van der Waals surface area contributed by atoms with Crippen LogP contribution in [0.3, 0.4) is 0 Å². The van der Waals surface area contributed by atoms with E-state index < -0.39 is 0 Å². The zero-order valence-electron chi connectivity index (χ0n) is 19.9. The first-order valence-electron chi connectivity index (χ1n) is 11.9. The van der Waals surface area contributed by atoms with Crippen molar-refractivity contribution in [3.63, 3.8) is 0 Å². The number of aryl methyl sites for hydroxylation is 1.